The van der Waals surface area contributed by atoms with Crippen molar-refractivity contribution < 1.29 is 4.52 Å². The van der Waals surface area contributed by atoms with Crippen molar-refractivity contribution in [2.24, 2.45) is 5.92 Å². The fourth-order valence-corrected chi connectivity index (χ4v) is 3.36. The molecule has 0 aliphatic heterocycles. The lowest BCUT2D eigenvalue weighted by Gasteiger charge is -2.24. The molecule has 0 radical (unpaired) electrons. The minimum absolute atomic E-state index is 0.817. The third-order valence-corrected chi connectivity index (χ3v) is 4.40. The van der Waals surface area contributed by atoms with E-state index in [-0.39, 0.29) is 0 Å². The molecular weight excluding hydrogens is 236 g/mol. The van der Waals surface area contributed by atoms with Crippen LogP contribution >= 0.6 is 0 Å². The van der Waals surface area contributed by atoms with Gasteiger partial charge < -0.3 is 9.42 Å². The standard InChI is InChI=1S/C16H24N2O/c1-18(11-13-7-3-2-4-8-13)12-15-14-9-5-6-10-16(14)19-17-15/h2-3,13H,4-12H2,1H3/t13-/m1/s1. The molecule has 0 fully saturated rings. The molecule has 0 aromatic carbocycles. The zero-order valence-corrected chi connectivity index (χ0v) is 11.9. The van der Waals surface area contributed by atoms with Crippen LogP contribution in [0.25, 0.3) is 0 Å². The zero-order valence-electron chi connectivity index (χ0n) is 11.9. The Balaban J connectivity index is 1.58. The predicted octanol–water partition coefficient (Wildman–Crippen LogP) is 3.34. The Morgan fingerprint density at radius 1 is 1.32 bits per heavy atom. The number of allylic oxidation sites excluding steroid dienone is 2. The van der Waals surface area contributed by atoms with Crippen LogP contribution in [0.15, 0.2) is 16.7 Å². The van der Waals surface area contributed by atoms with E-state index >= 15 is 0 Å². The first-order chi connectivity index (χ1) is 9.33. The van der Waals surface area contributed by atoms with Crippen molar-refractivity contribution in [1.82, 2.24) is 10.1 Å². The van der Waals surface area contributed by atoms with Gasteiger partial charge in [0.05, 0.1) is 0 Å². The summed E-state index contributed by atoms with van der Waals surface area (Å²) < 4.78 is 5.49. The van der Waals surface area contributed by atoms with Crippen LogP contribution in [0.2, 0.25) is 0 Å². The number of rotatable bonds is 4. The Hall–Kier alpha value is -1.09. The molecule has 0 saturated heterocycles. The Labute approximate surface area is 115 Å². The van der Waals surface area contributed by atoms with Crippen LogP contribution in [-0.2, 0) is 19.4 Å². The average molecular weight is 260 g/mol. The number of aryl methyl sites for hydroxylation is 1. The molecule has 19 heavy (non-hydrogen) atoms. The summed E-state index contributed by atoms with van der Waals surface area (Å²) in [4.78, 5) is 2.41. The molecule has 2 aliphatic carbocycles. The highest BCUT2D eigenvalue weighted by atomic mass is 16.5. The first-order valence-electron chi connectivity index (χ1n) is 7.63. The highest BCUT2D eigenvalue weighted by molar-refractivity contribution is 5.25. The molecule has 104 valence electrons. The van der Waals surface area contributed by atoms with Crippen LogP contribution in [-0.4, -0.2) is 23.6 Å². The Kier molecular flexibility index (Phi) is 4.02. The Morgan fingerprint density at radius 2 is 2.21 bits per heavy atom. The molecular formula is C16H24N2O. The molecule has 0 saturated carbocycles. The molecule has 0 unspecified atom stereocenters. The van der Waals surface area contributed by atoms with Crippen LogP contribution < -0.4 is 0 Å². The van der Waals surface area contributed by atoms with E-state index in [1.807, 2.05) is 0 Å². The van der Waals surface area contributed by atoms with Crippen molar-refractivity contribution >= 4 is 0 Å². The summed E-state index contributed by atoms with van der Waals surface area (Å²) in [5, 5.41) is 4.30. The minimum atomic E-state index is 0.817. The summed E-state index contributed by atoms with van der Waals surface area (Å²) in [6.07, 6.45) is 13.2. The lowest BCUT2D eigenvalue weighted by Crippen LogP contribution is -2.26. The van der Waals surface area contributed by atoms with Gasteiger partial charge in [-0.25, -0.2) is 0 Å². The van der Waals surface area contributed by atoms with Gasteiger partial charge in [-0.15, -0.1) is 0 Å². The Morgan fingerprint density at radius 3 is 3.05 bits per heavy atom. The van der Waals surface area contributed by atoms with Crippen LogP contribution in [0, 0.1) is 5.92 Å². The van der Waals surface area contributed by atoms with Gasteiger partial charge in [0.25, 0.3) is 0 Å². The number of aromatic nitrogens is 1. The molecule has 0 bridgehead atoms. The summed E-state index contributed by atoms with van der Waals surface area (Å²) in [6.45, 7) is 2.12. The summed E-state index contributed by atoms with van der Waals surface area (Å²) >= 11 is 0. The van der Waals surface area contributed by atoms with Gasteiger partial charge in [0, 0.05) is 25.1 Å². The Bertz CT molecular complexity index is 450. The van der Waals surface area contributed by atoms with Crippen LogP contribution in [0.1, 0.15) is 49.1 Å². The number of nitrogens with zero attached hydrogens (tertiary/aromatic N) is 2. The summed E-state index contributed by atoms with van der Waals surface area (Å²) in [7, 11) is 2.21. The first-order valence-corrected chi connectivity index (χ1v) is 7.63. The molecule has 0 N–H and O–H groups in total. The smallest absolute Gasteiger partial charge is 0.140 e. The highest BCUT2D eigenvalue weighted by Crippen LogP contribution is 2.25. The third kappa shape index (κ3) is 3.08. The number of hydrogen-bond acceptors (Lipinski definition) is 3. The lowest BCUT2D eigenvalue weighted by atomic mass is 9.93. The van der Waals surface area contributed by atoms with Crippen LogP contribution in [0.4, 0.5) is 0 Å². The molecule has 1 aromatic rings. The van der Waals surface area contributed by atoms with Crippen molar-refractivity contribution in [2.45, 2.75) is 51.5 Å². The van der Waals surface area contributed by atoms with E-state index in [0.29, 0.717) is 0 Å². The summed E-state index contributed by atoms with van der Waals surface area (Å²) in [6, 6.07) is 0. The van der Waals surface area contributed by atoms with Crippen molar-refractivity contribution in [3.8, 4) is 0 Å². The van der Waals surface area contributed by atoms with Crippen molar-refractivity contribution in [2.75, 3.05) is 13.6 Å². The topological polar surface area (TPSA) is 29.3 Å². The van der Waals surface area contributed by atoms with Gasteiger partial charge in [0.15, 0.2) is 0 Å². The van der Waals surface area contributed by atoms with E-state index < -0.39 is 0 Å². The van der Waals surface area contributed by atoms with Gasteiger partial charge in [-0.3, -0.25) is 0 Å². The second-order valence-electron chi connectivity index (χ2n) is 6.09. The van der Waals surface area contributed by atoms with E-state index in [1.54, 1.807) is 0 Å². The molecule has 3 heteroatoms. The second kappa shape index (κ2) is 5.91. The molecule has 1 heterocycles. The maximum atomic E-state index is 5.49. The first kappa shape index (κ1) is 12.9. The minimum Gasteiger partial charge on any atom is -0.361 e. The maximum absolute atomic E-state index is 5.49. The number of fused-ring (bicyclic) bond motifs is 1. The van der Waals surface area contributed by atoms with Gasteiger partial charge in [0.1, 0.15) is 11.5 Å². The average Bonchev–Trinajstić information content (AvgIpc) is 2.83. The van der Waals surface area contributed by atoms with Crippen molar-refractivity contribution in [3.05, 3.63) is 29.2 Å². The molecule has 0 spiro atoms. The zero-order chi connectivity index (χ0) is 13.1. The van der Waals surface area contributed by atoms with Gasteiger partial charge in [-0.2, -0.15) is 0 Å². The molecule has 3 rings (SSSR count). The van der Waals surface area contributed by atoms with E-state index in [2.05, 4.69) is 29.3 Å². The van der Waals surface area contributed by atoms with E-state index in [1.165, 1.54) is 49.9 Å². The highest BCUT2D eigenvalue weighted by Gasteiger charge is 2.21. The fourth-order valence-electron chi connectivity index (χ4n) is 3.36. The van der Waals surface area contributed by atoms with E-state index in [4.69, 9.17) is 4.52 Å². The normalized spacial score (nSPS) is 22.7. The van der Waals surface area contributed by atoms with Gasteiger partial charge in [0.2, 0.25) is 0 Å². The van der Waals surface area contributed by atoms with Gasteiger partial charge in [-0.05, 0) is 51.5 Å². The quantitative estimate of drug-likeness (QED) is 0.778. The fraction of sp³-hybridized carbons (Fsp3) is 0.688. The SMILES string of the molecule is CN(Cc1noc2c1CCCC2)C[C@@H]1CC=CCC1. The second-order valence-corrected chi connectivity index (χ2v) is 6.09. The van der Waals surface area contributed by atoms with Gasteiger partial charge in [-0.1, -0.05) is 17.3 Å². The third-order valence-electron chi connectivity index (χ3n) is 4.40. The molecule has 1 atom stereocenters. The monoisotopic (exact) mass is 260 g/mol. The molecule has 1 aromatic heterocycles. The molecule has 3 nitrogen and oxygen atoms in total. The predicted molar refractivity (Wildman–Crippen MR) is 76.0 cm³/mol. The molecule has 0 amide bonds. The van der Waals surface area contributed by atoms with Crippen molar-refractivity contribution in [1.29, 1.82) is 0 Å². The van der Waals surface area contributed by atoms with Crippen molar-refractivity contribution in [3.63, 3.8) is 0 Å². The van der Waals surface area contributed by atoms with Crippen LogP contribution in [0.5, 0.6) is 0 Å². The lowest BCUT2D eigenvalue weighted by molar-refractivity contribution is 0.250. The summed E-state index contributed by atoms with van der Waals surface area (Å²) in [5.74, 6) is 1.97. The van der Waals surface area contributed by atoms with E-state index in [9.17, 15) is 0 Å². The van der Waals surface area contributed by atoms with Crippen LogP contribution in [0.3, 0.4) is 0 Å². The largest absolute Gasteiger partial charge is 0.361 e. The van der Waals surface area contributed by atoms with Gasteiger partial charge >= 0.3 is 0 Å². The number of hydrogen-bond donors (Lipinski definition) is 0. The summed E-state index contributed by atoms with van der Waals surface area (Å²) in [5.41, 5.74) is 2.59. The van der Waals surface area contributed by atoms with E-state index in [0.717, 1.165) is 31.1 Å². The maximum Gasteiger partial charge on any atom is 0.140 e. The molecule has 2 aliphatic rings.